The van der Waals surface area contributed by atoms with Gasteiger partial charge in [0.25, 0.3) is 0 Å². The molecule has 6 heteroatoms. The van der Waals surface area contributed by atoms with Crippen LogP contribution in [0, 0.1) is 5.92 Å². The summed E-state index contributed by atoms with van der Waals surface area (Å²) in [5.74, 6) is -1.41. The van der Waals surface area contributed by atoms with Crippen molar-refractivity contribution in [1.82, 2.24) is 5.32 Å². The molecule has 0 radical (unpaired) electrons. The van der Waals surface area contributed by atoms with Gasteiger partial charge in [0, 0.05) is 6.04 Å². The lowest BCUT2D eigenvalue weighted by atomic mass is 10.2. The van der Waals surface area contributed by atoms with Crippen LogP contribution in [0.15, 0.2) is 0 Å². The van der Waals surface area contributed by atoms with Crippen molar-refractivity contribution in [2.45, 2.75) is 45.0 Å². The van der Waals surface area contributed by atoms with Crippen molar-refractivity contribution in [3.63, 3.8) is 0 Å². The van der Waals surface area contributed by atoms with Crippen LogP contribution in [0.5, 0.6) is 0 Å². The Balaban J connectivity index is 2.31. The maximum atomic E-state index is 12.1. The number of hydrogen-bond donors (Lipinski definition) is 1. The second kappa shape index (κ2) is 3.57. The molecule has 1 fully saturated rings. The van der Waals surface area contributed by atoms with Gasteiger partial charge >= 0.3 is 12.3 Å². The third-order valence-corrected chi connectivity index (χ3v) is 1.91. The van der Waals surface area contributed by atoms with Crippen molar-refractivity contribution >= 4 is 6.09 Å². The summed E-state index contributed by atoms with van der Waals surface area (Å²) >= 11 is 0. The van der Waals surface area contributed by atoms with Gasteiger partial charge in [0.15, 0.2) is 0 Å². The summed E-state index contributed by atoms with van der Waals surface area (Å²) in [5, 5.41) is 2.19. The Labute approximate surface area is 86.0 Å². The fraction of sp³-hybridized carbons (Fsp3) is 0.889. The zero-order chi connectivity index (χ0) is 11.9. The van der Waals surface area contributed by atoms with Crippen molar-refractivity contribution < 1.29 is 22.7 Å². The first kappa shape index (κ1) is 12.1. The molecule has 2 atom stereocenters. The minimum atomic E-state index is -4.22. The first-order chi connectivity index (χ1) is 6.59. The number of amides is 1. The molecular weight excluding hydrogens is 211 g/mol. The first-order valence-electron chi connectivity index (χ1n) is 4.66. The summed E-state index contributed by atoms with van der Waals surface area (Å²) < 4.78 is 41.1. The zero-order valence-electron chi connectivity index (χ0n) is 8.81. The maximum Gasteiger partial charge on any atom is 0.407 e. The highest BCUT2D eigenvalue weighted by molar-refractivity contribution is 5.68. The van der Waals surface area contributed by atoms with Crippen LogP contribution in [0.1, 0.15) is 27.2 Å². The topological polar surface area (TPSA) is 38.3 Å². The third-order valence-electron chi connectivity index (χ3n) is 1.91. The molecule has 1 aliphatic carbocycles. The van der Waals surface area contributed by atoms with Gasteiger partial charge in [-0.1, -0.05) is 0 Å². The molecule has 0 aliphatic heterocycles. The van der Waals surface area contributed by atoms with E-state index in [9.17, 15) is 18.0 Å². The van der Waals surface area contributed by atoms with Gasteiger partial charge in [-0.2, -0.15) is 13.2 Å². The molecule has 3 nitrogen and oxygen atoms in total. The molecule has 1 rings (SSSR count). The average Bonchev–Trinajstić information content (AvgIpc) is 2.59. The van der Waals surface area contributed by atoms with Crippen LogP contribution in [0.25, 0.3) is 0 Å². The Morgan fingerprint density at radius 1 is 1.33 bits per heavy atom. The maximum absolute atomic E-state index is 12.1. The van der Waals surface area contributed by atoms with E-state index in [1.807, 2.05) is 0 Å². The molecule has 0 bridgehead atoms. The van der Waals surface area contributed by atoms with Crippen molar-refractivity contribution in [2.75, 3.05) is 0 Å². The number of carbonyl (C=O) groups excluding carboxylic acids is 1. The van der Waals surface area contributed by atoms with Crippen LogP contribution in [0.3, 0.4) is 0 Å². The van der Waals surface area contributed by atoms with Gasteiger partial charge in [-0.15, -0.1) is 0 Å². The Morgan fingerprint density at radius 2 is 1.87 bits per heavy atom. The van der Waals surface area contributed by atoms with Gasteiger partial charge in [0.05, 0.1) is 5.92 Å². The fourth-order valence-corrected chi connectivity index (χ4v) is 1.18. The average molecular weight is 225 g/mol. The van der Waals surface area contributed by atoms with E-state index in [4.69, 9.17) is 4.74 Å². The Kier molecular flexibility index (Phi) is 2.89. The minimum absolute atomic E-state index is 0.0528. The molecular formula is C9H14F3NO2. The molecule has 1 N–H and O–H groups in total. The van der Waals surface area contributed by atoms with Crippen LogP contribution < -0.4 is 5.32 Å². The molecule has 15 heavy (non-hydrogen) atoms. The molecule has 0 aromatic rings. The normalized spacial score (nSPS) is 26.0. The highest BCUT2D eigenvalue weighted by Crippen LogP contribution is 2.44. The summed E-state index contributed by atoms with van der Waals surface area (Å²) in [5.41, 5.74) is -0.688. The SMILES string of the molecule is CC(C)(C)OC(=O)N[C@H]1C[C@H]1C(F)(F)F. The largest absolute Gasteiger partial charge is 0.444 e. The number of hydrogen-bond acceptors (Lipinski definition) is 2. The number of nitrogens with one attached hydrogen (secondary N) is 1. The molecule has 0 saturated heterocycles. The highest BCUT2D eigenvalue weighted by atomic mass is 19.4. The minimum Gasteiger partial charge on any atom is -0.444 e. The van der Waals surface area contributed by atoms with E-state index in [2.05, 4.69) is 5.32 Å². The quantitative estimate of drug-likeness (QED) is 0.744. The van der Waals surface area contributed by atoms with E-state index >= 15 is 0 Å². The molecule has 1 aliphatic rings. The lowest BCUT2D eigenvalue weighted by Crippen LogP contribution is -2.35. The number of ether oxygens (including phenoxy) is 1. The summed E-state index contributed by atoms with van der Waals surface area (Å²) in [7, 11) is 0. The van der Waals surface area contributed by atoms with Gasteiger partial charge in [0.1, 0.15) is 5.60 Å². The zero-order valence-corrected chi connectivity index (χ0v) is 8.81. The summed E-state index contributed by atoms with van der Waals surface area (Å²) in [6.45, 7) is 4.96. The van der Waals surface area contributed by atoms with Crippen molar-refractivity contribution in [3.8, 4) is 0 Å². The summed E-state index contributed by atoms with van der Waals surface area (Å²) in [4.78, 5) is 11.1. The molecule has 1 amide bonds. The molecule has 0 aromatic heterocycles. The molecule has 0 unspecified atom stereocenters. The fourth-order valence-electron chi connectivity index (χ4n) is 1.18. The molecule has 0 heterocycles. The van der Waals surface area contributed by atoms with Crippen LogP contribution in [-0.2, 0) is 4.74 Å². The van der Waals surface area contributed by atoms with E-state index < -0.39 is 29.8 Å². The lowest BCUT2D eigenvalue weighted by molar-refractivity contribution is -0.148. The highest BCUT2D eigenvalue weighted by Gasteiger charge is 2.56. The predicted octanol–water partition coefficient (Wildman–Crippen LogP) is 2.46. The second-order valence-corrected chi connectivity index (χ2v) is 4.64. The van der Waals surface area contributed by atoms with Crippen molar-refractivity contribution in [2.24, 2.45) is 5.92 Å². The lowest BCUT2D eigenvalue weighted by Gasteiger charge is -2.19. The Bertz CT molecular complexity index is 257. The van der Waals surface area contributed by atoms with Crippen LogP contribution in [0.2, 0.25) is 0 Å². The smallest absolute Gasteiger partial charge is 0.407 e. The first-order valence-corrected chi connectivity index (χ1v) is 4.66. The van der Waals surface area contributed by atoms with Gasteiger partial charge in [-0.05, 0) is 27.2 Å². The van der Waals surface area contributed by atoms with E-state index in [0.29, 0.717) is 0 Å². The second-order valence-electron chi connectivity index (χ2n) is 4.64. The third kappa shape index (κ3) is 3.97. The van der Waals surface area contributed by atoms with Gasteiger partial charge in [0.2, 0.25) is 0 Å². The molecule has 0 aromatic carbocycles. The summed E-state index contributed by atoms with van der Waals surface area (Å²) in [6.07, 6.45) is -5.07. The number of alkyl carbamates (subject to hydrolysis) is 1. The van der Waals surface area contributed by atoms with Crippen LogP contribution in [-0.4, -0.2) is 23.9 Å². The van der Waals surface area contributed by atoms with E-state index in [-0.39, 0.29) is 6.42 Å². The standard InChI is InChI=1S/C9H14F3NO2/c1-8(2,3)15-7(14)13-6-4-5(6)9(10,11)12/h5-6H,4H2,1-3H3,(H,13,14)/t5-,6+/m1/s1. The molecule has 88 valence electrons. The van der Waals surface area contributed by atoms with E-state index in [0.717, 1.165) is 0 Å². The number of halogens is 3. The van der Waals surface area contributed by atoms with Gasteiger partial charge < -0.3 is 10.1 Å². The van der Waals surface area contributed by atoms with Crippen molar-refractivity contribution in [3.05, 3.63) is 0 Å². The van der Waals surface area contributed by atoms with Gasteiger partial charge in [-0.3, -0.25) is 0 Å². The monoisotopic (exact) mass is 225 g/mol. The van der Waals surface area contributed by atoms with E-state index in [1.165, 1.54) is 0 Å². The molecule has 1 saturated carbocycles. The van der Waals surface area contributed by atoms with Gasteiger partial charge in [-0.25, -0.2) is 4.79 Å². The number of carbonyl (C=O) groups is 1. The number of alkyl halides is 3. The predicted molar refractivity (Wildman–Crippen MR) is 47.3 cm³/mol. The summed E-state index contributed by atoms with van der Waals surface area (Å²) in [6, 6.07) is -0.820. The molecule has 0 spiro atoms. The number of rotatable bonds is 1. The van der Waals surface area contributed by atoms with Crippen LogP contribution >= 0.6 is 0 Å². The Morgan fingerprint density at radius 3 is 2.20 bits per heavy atom. The van der Waals surface area contributed by atoms with Crippen LogP contribution in [0.4, 0.5) is 18.0 Å². The van der Waals surface area contributed by atoms with E-state index in [1.54, 1.807) is 20.8 Å². The van der Waals surface area contributed by atoms with Crippen molar-refractivity contribution in [1.29, 1.82) is 0 Å². The Hall–Kier alpha value is -0.940.